The zero-order valence-corrected chi connectivity index (χ0v) is 14.6. The minimum Gasteiger partial charge on any atom is -0.464 e. The monoisotopic (exact) mass is 365 g/mol. The lowest BCUT2D eigenvalue weighted by Gasteiger charge is -2.32. The van der Waals surface area contributed by atoms with E-state index in [1.54, 1.807) is 29.2 Å². The Bertz CT molecular complexity index is 1060. The fourth-order valence-corrected chi connectivity index (χ4v) is 3.85. The quantitative estimate of drug-likeness (QED) is 0.756. The van der Waals surface area contributed by atoms with Gasteiger partial charge in [0.15, 0.2) is 5.69 Å². The molecule has 2 aliphatic rings. The van der Waals surface area contributed by atoms with E-state index in [2.05, 4.69) is 10.2 Å². The lowest BCUT2D eigenvalue weighted by atomic mass is 9.69. The molecule has 136 valence electrons. The molecule has 1 spiro atoms. The first-order valence-electron chi connectivity index (χ1n) is 8.19. The first-order valence-corrected chi connectivity index (χ1v) is 8.19. The molecule has 1 atom stereocenters. The Morgan fingerprint density at radius 2 is 2.22 bits per heavy atom. The number of hydrogen-bond acceptors (Lipinski definition) is 7. The van der Waals surface area contributed by atoms with Gasteiger partial charge in [-0.1, -0.05) is 18.2 Å². The van der Waals surface area contributed by atoms with Gasteiger partial charge >= 0.3 is 5.97 Å². The van der Waals surface area contributed by atoms with E-state index in [-0.39, 0.29) is 28.6 Å². The van der Waals surface area contributed by atoms with Gasteiger partial charge in [-0.3, -0.25) is 9.89 Å². The molecule has 0 fully saturated rings. The van der Waals surface area contributed by atoms with Gasteiger partial charge in [-0.05, 0) is 13.0 Å². The number of para-hydroxylation sites is 1. The van der Waals surface area contributed by atoms with Gasteiger partial charge in [-0.2, -0.15) is 5.26 Å². The van der Waals surface area contributed by atoms with Crippen LogP contribution in [0.3, 0.4) is 0 Å². The van der Waals surface area contributed by atoms with Crippen molar-refractivity contribution in [3.8, 4) is 11.9 Å². The van der Waals surface area contributed by atoms with Gasteiger partial charge in [0.05, 0.1) is 12.7 Å². The minimum atomic E-state index is -1.63. The number of amides is 1. The number of nitriles is 1. The predicted octanol–water partition coefficient (Wildman–Crippen LogP) is 0.935. The lowest BCUT2D eigenvalue weighted by Crippen LogP contribution is -2.46. The molecule has 1 aromatic carbocycles. The molecule has 27 heavy (non-hydrogen) atoms. The first kappa shape index (κ1) is 16.7. The van der Waals surface area contributed by atoms with Crippen LogP contribution in [-0.4, -0.2) is 35.7 Å². The van der Waals surface area contributed by atoms with Crippen molar-refractivity contribution in [2.75, 3.05) is 18.6 Å². The van der Waals surface area contributed by atoms with E-state index in [1.807, 2.05) is 13.0 Å². The molecule has 0 saturated heterocycles. The molecule has 0 bridgehead atoms. The average Bonchev–Trinajstić information content (AvgIpc) is 3.20. The summed E-state index contributed by atoms with van der Waals surface area (Å²) in [5, 5.41) is 16.4. The van der Waals surface area contributed by atoms with Crippen molar-refractivity contribution < 1.29 is 19.1 Å². The van der Waals surface area contributed by atoms with Crippen LogP contribution in [0.2, 0.25) is 0 Å². The normalized spacial score (nSPS) is 20.2. The Morgan fingerprint density at radius 3 is 2.89 bits per heavy atom. The molecule has 0 radical (unpaired) electrons. The second kappa shape index (κ2) is 5.60. The summed E-state index contributed by atoms with van der Waals surface area (Å²) in [6, 6.07) is 9.07. The smallest absolute Gasteiger partial charge is 0.356 e. The van der Waals surface area contributed by atoms with Crippen molar-refractivity contribution in [2.24, 2.45) is 5.73 Å². The number of carbonyl (C=O) groups excluding carboxylic acids is 2. The summed E-state index contributed by atoms with van der Waals surface area (Å²) in [4.78, 5) is 27.5. The highest BCUT2D eigenvalue weighted by Crippen LogP contribution is 2.55. The van der Waals surface area contributed by atoms with Crippen LogP contribution in [0.5, 0.6) is 5.88 Å². The zero-order chi connectivity index (χ0) is 19.3. The number of nitrogens with one attached hydrogen (secondary N) is 1. The van der Waals surface area contributed by atoms with Crippen molar-refractivity contribution in [3.63, 3.8) is 0 Å². The van der Waals surface area contributed by atoms with E-state index in [0.717, 1.165) is 0 Å². The van der Waals surface area contributed by atoms with Crippen molar-refractivity contribution in [2.45, 2.75) is 12.3 Å². The number of hydrogen-bond donors (Lipinski definition) is 2. The van der Waals surface area contributed by atoms with Crippen LogP contribution in [0.25, 0.3) is 0 Å². The maximum absolute atomic E-state index is 13.6. The summed E-state index contributed by atoms with van der Waals surface area (Å²) in [7, 11) is 1.21. The number of benzene rings is 1. The van der Waals surface area contributed by atoms with Crippen LogP contribution < -0.4 is 15.4 Å². The average molecular weight is 365 g/mol. The molecule has 0 aliphatic carbocycles. The second-order valence-electron chi connectivity index (χ2n) is 6.04. The topological polar surface area (TPSA) is 134 Å². The number of ether oxygens (including phenoxy) is 2. The Morgan fingerprint density at radius 1 is 1.48 bits per heavy atom. The van der Waals surface area contributed by atoms with Gasteiger partial charge in [0, 0.05) is 17.8 Å². The fraction of sp³-hybridized carbons (Fsp3) is 0.222. The van der Waals surface area contributed by atoms with E-state index < -0.39 is 17.3 Å². The first-order chi connectivity index (χ1) is 13.0. The number of esters is 1. The summed E-state index contributed by atoms with van der Waals surface area (Å²) in [6.45, 7) is 2.20. The Balaban J connectivity index is 2.17. The molecule has 0 saturated carbocycles. The van der Waals surface area contributed by atoms with Crippen LogP contribution >= 0.6 is 0 Å². The van der Waals surface area contributed by atoms with Crippen LogP contribution in [0.15, 0.2) is 35.7 Å². The van der Waals surface area contributed by atoms with Gasteiger partial charge in [-0.15, -0.1) is 5.10 Å². The van der Waals surface area contributed by atoms with E-state index in [1.165, 1.54) is 7.11 Å². The number of aromatic nitrogens is 2. The van der Waals surface area contributed by atoms with Gasteiger partial charge in [-0.25, -0.2) is 4.79 Å². The molecule has 3 N–H and O–H groups in total. The number of rotatable bonds is 2. The minimum absolute atomic E-state index is 0.0343. The summed E-state index contributed by atoms with van der Waals surface area (Å²) in [6.07, 6.45) is 0. The van der Waals surface area contributed by atoms with Crippen LogP contribution in [-0.2, 0) is 14.9 Å². The summed E-state index contributed by atoms with van der Waals surface area (Å²) < 4.78 is 10.3. The summed E-state index contributed by atoms with van der Waals surface area (Å²) >= 11 is 0. The lowest BCUT2D eigenvalue weighted by molar-refractivity contribution is -0.120. The highest BCUT2D eigenvalue weighted by molar-refractivity contribution is 6.15. The molecule has 1 unspecified atom stereocenters. The Hall–Kier alpha value is -3.80. The highest BCUT2D eigenvalue weighted by Gasteiger charge is 2.61. The molecule has 2 aliphatic heterocycles. The molecule has 2 aromatic rings. The fourth-order valence-electron chi connectivity index (χ4n) is 3.85. The molecule has 1 amide bonds. The molecule has 9 heteroatoms. The number of aromatic amines is 1. The van der Waals surface area contributed by atoms with Crippen molar-refractivity contribution >= 4 is 17.6 Å². The number of likely N-dealkylation sites (N-methyl/N-ethyl adjacent to an activating group) is 1. The molecule has 3 heterocycles. The van der Waals surface area contributed by atoms with E-state index >= 15 is 0 Å². The number of nitrogens with two attached hydrogens (primary N) is 1. The number of carbonyl (C=O) groups is 2. The third-order valence-electron chi connectivity index (χ3n) is 4.92. The Kier molecular flexibility index (Phi) is 3.46. The maximum atomic E-state index is 13.6. The number of methoxy groups -OCH3 is 1. The Labute approximate surface area is 154 Å². The summed E-state index contributed by atoms with van der Waals surface area (Å²) in [5.74, 6) is -1.39. The van der Waals surface area contributed by atoms with Crippen LogP contribution in [0, 0.1) is 11.3 Å². The molecular formula is C18H15N5O4. The van der Waals surface area contributed by atoms with Gasteiger partial charge < -0.3 is 20.1 Å². The van der Waals surface area contributed by atoms with Gasteiger partial charge in [0.2, 0.25) is 17.7 Å². The molecular weight excluding hydrogens is 350 g/mol. The standard InChI is InChI=1S/C18H15N5O4/c1-3-23-11-7-5-4-6-9(11)18(17(23)25)10(8-19)14(20)27-15-12(18)13(21-22-15)16(24)26-2/h4-7H,3,20H2,1-2H3,(H,21,22). The molecule has 9 nitrogen and oxygen atoms in total. The molecule has 1 aromatic heterocycles. The van der Waals surface area contributed by atoms with E-state index in [9.17, 15) is 14.9 Å². The second-order valence-corrected chi connectivity index (χ2v) is 6.04. The third kappa shape index (κ3) is 1.84. The maximum Gasteiger partial charge on any atom is 0.356 e. The molecule has 4 rings (SSSR count). The number of fused-ring (bicyclic) bond motifs is 4. The van der Waals surface area contributed by atoms with Gasteiger partial charge in [0.1, 0.15) is 17.1 Å². The van der Waals surface area contributed by atoms with Crippen molar-refractivity contribution in [1.29, 1.82) is 5.26 Å². The number of anilines is 1. The largest absolute Gasteiger partial charge is 0.464 e. The number of H-pyrrole nitrogens is 1. The van der Waals surface area contributed by atoms with Gasteiger partial charge in [0.25, 0.3) is 0 Å². The van der Waals surface area contributed by atoms with Crippen molar-refractivity contribution in [1.82, 2.24) is 10.2 Å². The third-order valence-corrected chi connectivity index (χ3v) is 4.92. The van der Waals surface area contributed by atoms with Crippen LogP contribution in [0.1, 0.15) is 28.5 Å². The van der Waals surface area contributed by atoms with E-state index in [0.29, 0.717) is 17.8 Å². The highest BCUT2D eigenvalue weighted by atomic mass is 16.5. The SMILES string of the molecule is CCN1C(=O)C2(C(C#N)=C(N)Oc3n[nH]c(C(=O)OC)c32)c2ccccc21. The zero-order valence-electron chi connectivity index (χ0n) is 14.6. The number of nitrogens with zero attached hydrogens (tertiary/aromatic N) is 3. The van der Waals surface area contributed by atoms with Crippen molar-refractivity contribution in [3.05, 3.63) is 52.5 Å². The van der Waals surface area contributed by atoms with Crippen LogP contribution in [0.4, 0.5) is 5.69 Å². The summed E-state index contributed by atoms with van der Waals surface area (Å²) in [5.41, 5.74) is 5.50. The van der Waals surface area contributed by atoms with E-state index in [4.69, 9.17) is 15.2 Å². The predicted molar refractivity (Wildman–Crippen MR) is 92.6 cm³/mol.